The molecule has 0 aromatic carbocycles. The monoisotopic (exact) mass is 256 g/mol. The third kappa shape index (κ3) is 11.9. The molecule has 0 aliphatic rings. The summed E-state index contributed by atoms with van der Waals surface area (Å²) in [6, 6.07) is 0. The molecule has 0 spiro atoms. The van der Waals surface area contributed by atoms with Gasteiger partial charge in [0.25, 0.3) is 0 Å². The van der Waals surface area contributed by atoms with Crippen LogP contribution in [-0.2, 0) is 8.85 Å². The van der Waals surface area contributed by atoms with E-state index >= 15 is 0 Å². The van der Waals surface area contributed by atoms with Crippen molar-refractivity contribution in [1.82, 2.24) is 0 Å². The fraction of sp³-hybridized carbons (Fsp3) is 0.714. The molecule has 0 unspecified atom stereocenters. The summed E-state index contributed by atoms with van der Waals surface area (Å²) in [5, 5.41) is 0. The predicted molar refractivity (Wildman–Crippen MR) is 77.5 cm³/mol. The zero-order chi connectivity index (χ0) is 13.0. The van der Waals surface area contributed by atoms with Gasteiger partial charge in [-0.15, -0.1) is 0 Å². The van der Waals surface area contributed by atoms with Crippen LogP contribution in [0, 0.1) is 0 Å². The Labute approximate surface area is 108 Å². The van der Waals surface area contributed by atoms with E-state index in [9.17, 15) is 0 Å². The summed E-state index contributed by atoms with van der Waals surface area (Å²) in [4.78, 5) is 0. The highest BCUT2D eigenvalue weighted by molar-refractivity contribution is 6.64. The van der Waals surface area contributed by atoms with E-state index in [4.69, 9.17) is 8.85 Å². The van der Waals surface area contributed by atoms with Gasteiger partial charge in [0.2, 0.25) is 0 Å². The Bertz CT molecular complexity index is 200. The van der Waals surface area contributed by atoms with Crippen molar-refractivity contribution in [3.05, 3.63) is 24.3 Å². The molecular formula is C14H28O2Si. The minimum absolute atomic E-state index is 0.778. The van der Waals surface area contributed by atoms with E-state index < -0.39 is 8.56 Å². The molecule has 0 N–H and O–H groups in total. The minimum Gasteiger partial charge on any atom is -0.394 e. The Balaban J connectivity index is 3.57. The van der Waals surface area contributed by atoms with Crippen molar-refractivity contribution in [3.63, 3.8) is 0 Å². The van der Waals surface area contributed by atoms with Crippen LogP contribution < -0.4 is 0 Å². The standard InChI is InChI=1S/C14H28O2Si/c1-5-7-9-11-13-15-17(3,4)16-14-12-10-8-6-2/h7-10H,5-6,11-14H2,1-4H3/b9-7-,10-8-. The van der Waals surface area contributed by atoms with Crippen molar-refractivity contribution >= 4 is 8.56 Å². The molecule has 0 aromatic rings. The molecule has 0 saturated heterocycles. The molecule has 100 valence electrons. The van der Waals surface area contributed by atoms with Crippen LogP contribution in [0.3, 0.4) is 0 Å². The molecule has 0 saturated carbocycles. The van der Waals surface area contributed by atoms with Gasteiger partial charge in [0.15, 0.2) is 0 Å². The van der Waals surface area contributed by atoms with Gasteiger partial charge < -0.3 is 8.85 Å². The number of allylic oxidation sites excluding steroid dienone is 2. The molecule has 3 heteroatoms. The van der Waals surface area contributed by atoms with Crippen LogP contribution in [0.4, 0.5) is 0 Å². The molecular weight excluding hydrogens is 228 g/mol. The van der Waals surface area contributed by atoms with E-state index in [1.54, 1.807) is 0 Å². The number of hydrogen-bond donors (Lipinski definition) is 0. The number of rotatable bonds is 10. The Morgan fingerprint density at radius 1 is 0.765 bits per heavy atom. The summed E-state index contributed by atoms with van der Waals surface area (Å²) in [7, 11) is -1.89. The first-order chi connectivity index (χ1) is 8.12. The second-order valence-corrected chi connectivity index (χ2v) is 7.81. The van der Waals surface area contributed by atoms with E-state index in [1.165, 1.54) is 0 Å². The average Bonchev–Trinajstić information content (AvgIpc) is 2.28. The highest BCUT2D eigenvalue weighted by Crippen LogP contribution is 2.08. The smallest absolute Gasteiger partial charge is 0.331 e. The molecule has 0 fully saturated rings. The topological polar surface area (TPSA) is 18.5 Å². The van der Waals surface area contributed by atoms with Crippen LogP contribution in [0.2, 0.25) is 13.1 Å². The van der Waals surface area contributed by atoms with Gasteiger partial charge in [-0.05, 0) is 38.8 Å². The van der Waals surface area contributed by atoms with Gasteiger partial charge in [0.1, 0.15) is 0 Å². The van der Waals surface area contributed by atoms with Gasteiger partial charge in [-0.2, -0.15) is 0 Å². The summed E-state index contributed by atoms with van der Waals surface area (Å²) in [6.07, 6.45) is 12.9. The van der Waals surface area contributed by atoms with Crippen LogP contribution in [0.15, 0.2) is 24.3 Å². The van der Waals surface area contributed by atoms with Crippen molar-refractivity contribution in [2.24, 2.45) is 0 Å². The van der Waals surface area contributed by atoms with Crippen molar-refractivity contribution in [3.8, 4) is 0 Å². The largest absolute Gasteiger partial charge is 0.394 e. The maximum atomic E-state index is 5.82. The van der Waals surface area contributed by atoms with Gasteiger partial charge in [0, 0.05) is 13.2 Å². The first kappa shape index (κ1) is 16.6. The summed E-state index contributed by atoms with van der Waals surface area (Å²) >= 11 is 0. The van der Waals surface area contributed by atoms with Crippen LogP contribution >= 0.6 is 0 Å². The fourth-order valence-electron chi connectivity index (χ4n) is 1.36. The zero-order valence-corrected chi connectivity index (χ0v) is 12.9. The average molecular weight is 256 g/mol. The van der Waals surface area contributed by atoms with E-state index in [1.807, 2.05) is 0 Å². The van der Waals surface area contributed by atoms with E-state index in [0.717, 1.165) is 38.9 Å². The third-order valence-electron chi connectivity index (χ3n) is 2.27. The molecule has 17 heavy (non-hydrogen) atoms. The lowest BCUT2D eigenvalue weighted by atomic mass is 10.3. The van der Waals surface area contributed by atoms with Crippen molar-refractivity contribution in [1.29, 1.82) is 0 Å². The van der Waals surface area contributed by atoms with Crippen molar-refractivity contribution < 1.29 is 8.85 Å². The second kappa shape index (κ2) is 10.8. The maximum Gasteiger partial charge on any atom is 0.331 e. The molecule has 0 radical (unpaired) electrons. The first-order valence-corrected chi connectivity index (χ1v) is 9.52. The number of hydrogen-bond acceptors (Lipinski definition) is 2. The second-order valence-electron chi connectivity index (χ2n) is 4.43. The van der Waals surface area contributed by atoms with E-state index in [-0.39, 0.29) is 0 Å². The van der Waals surface area contributed by atoms with Gasteiger partial charge >= 0.3 is 8.56 Å². The van der Waals surface area contributed by atoms with Gasteiger partial charge in [-0.1, -0.05) is 38.2 Å². The van der Waals surface area contributed by atoms with Crippen LogP contribution in [0.25, 0.3) is 0 Å². The van der Waals surface area contributed by atoms with E-state index in [0.29, 0.717) is 0 Å². The first-order valence-electron chi connectivity index (χ1n) is 6.70. The van der Waals surface area contributed by atoms with Gasteiger partial charge in [-0.25, -0.2) is 0 Å². The lowest BCUT2D eigenvalue weighted by Crippen LogP contribution is -2.35. The Hall–Kier alpha value is -0.383. The summed E-state index contributed by atoms with van der Waals surface area (Å²) < 4.78 is 11.6. The van der Waals surface area contributed by atoms with Crippen LogP contribution in [-0.4, -0.2) is 21.8 Å². The lowest BCUT2D eigenvalue weighted by Gasteiger charge is -2.22. The van der Waals surface area contributed by atoms with Gasteiger partial charge in [0.05, 0.1) is 0 Å². The third-order valence-corrected chi connectivity index (χ3v) is 4.07. The summed E-state index contributed by atoms with van der Waals surface area (Å²) in [5.74, 6) is 0. The van der Waals surface area contributed by atoms with Crippen LogP contribution in [0.1, 0.15) is 39.5 Å². The SMILES string of the molecule is CC/C=C\CCO[Si](C)(C)OCC/C=C\CC. The Kier molecular flexibility index (Phi) is 10.5. The lowest BCUT2D eigenvalue weighted by molar-refractivity contribution is 0.184. The Morgan fingerprint density at radius 3 is 1.53 bits per heavy atom. The van der Waals surface area contributed by atoms with Gasteiger partial charge in [-0.3, -0.25) is 0 Å². The zero-order valence-electron chi connectivity index (χ0n) is 11.9. The predicted octanol–water partition coefficient (Wildman–Crippen LogP) is 4.43. The van der Waals surface area contributed by atoms with E-state index in [2.05, 4.69) is 51.2 Å². The summed E-state index contributed by atoms with van der Waals surface area (Å²) in [6.45, 7) is 10.1. The Morgan fingerprint density at radius 2 is 1.18 bits per heavy atom. The molecule has 0 atom stereocenters. The molecule has 0 amide bonds. The van der Waals surface area contributed by atoms with Crippen LogP contribution in [0.5, 0.6) is 0 Å². The summed E-state index contributed by atoms with van der Waals surface area (Å²) in [5.41, 5.74) is 0. The molecule has 0 aliphatic heterocycles. The minimum atomic E-state index is -1.89. The fourth-order valence-corrected chi connectivity index (χ4v) is 2.66. The quantitative estimate of drug-likeness (QED) is 0.327. The molecule has 0 bridgehead atoms. The normalized spacial score (nSPS) is 12.9. The molecule has 0 heterocycles. The molecule has 0 rings (SSSR count). The molecule has 0 aliphatic carbocycles. The van der Waals surface area contributed by atoms with Crippen molar-refractivity contribution in [2.75, 3.05) is 13.2 Å². The highest BCUT2D eigenvalue weighted by atomic mass is 28.4. The molecule has 0 aromatic heterocycles. The maximum absolute atomic E-state index is 5.82. The highest BCUT2D eigenvalue weighted by Gasteiger charge is 2.23. The van der Waals surface area contributed by atoms with Crippen molar-refractivity contribution in [2.45, 2.75) is 52.6 Å². The molecule has 2 nitrogen and oxygen atoms in total.